The third-order valence-electron chi connectivity index (χ3n) is 3.26. The first-order chi connectivity index (χ1) is 10.8. The second-order valence-electron chi connectivity index (χ2n) is 5.08. The van der Waals surface area contributed by atoms with Crippen molar-refractivity contribution in [2.45, 2.75) is 26.2 Å². The van der Waals surface area contributed by atoms with Crippen LogP contribution in [0.25, 0.3) is 5.69 Å². The Morgan fingerprint density at radius 1 is 1.23 bits per heavy atom. The van der Waals surface area contributed by atoms with Crippen molar-refractivity contribution in [2.24, 2.45) is 0 Å². The number of nitrogens with one attached hydrogen (secondary N) is 1. The van der Waals surface area contributed by atoms with Crippen molar-refractivity contribution >= 4 is 5.91 Å². The highest BCUT2D eigenvalue weighted by Crippen LogP contribution is 2.07. The van der Waals surface area contributed by atoms with E-state index in [2.05, 4.69) is 17.3 Å². The van der Waals surface area contributed by atoms with E-state index in [-0.39, 0.29) is 5.91 Å². The first kappa shape index (κ1) is 16.2. The molecule has 1 aromatic carbocycles. The molecule has 1 aromatic heterocycles. The summed E-state index contributed by atoms with van der Waals surface area (Å²) in [5, 5.41) is 7.10. The van der Waals surface area contributed by atoms with Crippen LogP contribution in [-0.4, -0.2) is 35.4 Å². The summed E-state index contributed by atoms with van der Waals surface area (Å²) < 4.78 is 7.15. The monoisotopic (exact) mass is 301 g/mol. The highest BCUT2D eigenvalue weighted by molar-refractivity contribution is 5.93. The van der Waals surface area contributed by atoms with E-state index < -0.39 is 0 Å². The first-order valence-corrected chi connectivity index (χ1v) is 7.77. The molecule has 2 rings (SSSR count). The summed E-state index contributed by atoms with van der Waals surface area (Å²) in [5.74, 6) is -0.101. The van der Waals surface area contributed by atoms with Gasteiger partial charge in [-0.15, -0.1) is 0 Å². The Labute approximate surface area is 131 Å². The summed E-state index contributed by atoms with van der Waals surface area (Å²) >= 11 is 0. The minimum absolute atomic E-state index is 0.101. The maximum atomic E-state index is 12.0. The Bertz CT molecular complexity index is 566. The van der Waals surface area contributed by atoms with Gasteiger partial charge in [-0.05, 0) is 25.0 Å². The molecule has 5 nitrogen and oxygen atoms in total. The van der Waals surface area contributed by atoms with E-state index in [9.17, 15) is 4.79 Å². The van der Waals surface area contributed by atoms with Crippen molar-refractivity contribution < 1.29 is 9.53 Å². The van der Waals surface area contributed by atoms with Gasteiger partial charge in [-0.3, -0.25) is 4.79 Å². The average molecular weight is 301 g/mol. The Hall–Kier alpha value is -2.14. The number of unbranched alkanes of at least 4 members (excludes halogenated alkanes) is 1. The van der Waals surface area contributed by atoms with E-state index in [1.165, 1.54) is 0 Å². The fourth-order valence-electron chi connectivity index (χ4n) is 1.99. The fraction of sp³-hybridized carbons (Fsp3) is 0.412. The van der Waals surface area contributed by atoms with E-state index >= 15 is 0 Å². The van der Waals surface area contributed by atoms with Crippen molar-refractivity contribution in [2.75, 3.05) is 19.8 Å². The number of amides is 1. The molecule has 0 aliphatic heterocycles. The number of aromatic nitrogens is 2. The molecule has 0 unspecified atom stereocenters. The van der Waals surface area contributed by atoms with Gasteiger partial charge in [0.2, 0.25) is 0 Å². The molecular formula is C17H23N3O2. The van der Waals surface area contributed by atoms with Crippen LogP contribution in [0.4, 0.5) is 0 Å². The van der Waals surface area contributed by atoms with E-state index in [0.29, 0.717) is 18.7 Å². The maximum Gasteiger partial charge on any atom is 0.254 e. The van der Waals surface area contributed by atoms with Gasteiger partial charge in [0.25, 0.3) is 5.91 Å². The van der Waals surface area contributed by atoms with Gasteiger partial charge in [0.1, 0.15) is 0 Å². The molecule has 0 fully saturated rings. The second kappa shape index (κ2) is 9.00. The van der Waals surface area contributed by atoms with E-state index in [1.54, 1.807) is 17.1 Å². The predicted octanol–water partition coefficient (Wildman–Crippen LogP) is 2.81. The lowest BCUT2D eigenvalue weighted by Crippen LogP contribution is -2.25. The average Bonchev–Trinajstić information content (AvgIpc) is 3.05. The standard InChI is InChI=1S/C17H23N3O2/c1-2-3-11-22-12-7-10-18-17(21)15-13-19-20(14-15)16-8-5-4-6-9-16/h4-6,8-9,13-14H,2-3,7,10-12H2,1H3,(H,18,21). The molecule has 0 aliphatic rings. The lowest BCUT2D eigenvalue weighted by molar-refractivity contribution is 0.0940. The van der Waals surface area contributed by atoms with Crippen molar-refractivity contribution in [1.82, 2.24) is 15.1 Å². The summed E-state index contributed by atoms with van der Waals surface area (Å²) in [7, 11) is 0. The third kappa shape index (κ3) is 5.00. The molecule has 0 radical (unpaired) electrons. The molecule has 22 heavy (non-hydrogen) atoms. The number of nitrogens with zero attached hydrogens (tertiary/aromatic N) is 2. The van der Waals surface area contributed by atoms with Crippen LogP contribution in [0.5, 0.6) is 0 Å². The van der Waals surface area contributed by atoms with Gasteiger partial charge in [-0.2, -0.15) is 5.10 Å². The normalized spacial score (nSPS) is 10.6. The molecule has 0 atom stereocenters. The van der Waals surface area contributed by atoms with Crippen LogP contribution in [-0.2, 0) is 4.74 Å². The van der Waals surface area contributed by atoms with Gasteiger partial charge in [-0.1, -0.05) is 31.5 Å². The topological polar surface area (TPSA) is 56.1 Å². The fourth-order valence-corrected chi connectivity index (χ4v) is 1.99. The Morgan fingerprint density at radius 3 is 2.77 bits per heavy atom. The molecule has 1 amide bonds. The number of hydrogen-bond donors (Lipinski definition) is 1. The van der Waals surface area contributed by atoms with Crippen molar-refractivity contribution in [3.05, 3.63) is 48.3 Å². The zero-order chi connectivity index (χ0) is 15.6. The van der Waals surface area contributed by atoms with Crippen molar-refractivity contribution in [3.63, 3.8) is 0 Å². The zero-order valence-electron chi connectivity index (χ0n) is 13.0. The van der Waals surface area contributed by atoms with Gasteiger partial charge in [0.15, 0.2) is 0 Å². The predicted molar refractivity (Wildman–Crippen MR) is 86.2 cm³/mol. The number of carbonyl (C=O) groups is 1. The summed E-state index contributed by atoms with van der Waals surface area (Å²) in [5.41, 5.74) is 1.50. The largest absolute Gasteiger partial charge is 0.381 e. The number of ether oxygens (including phenoxy) is 1. The lowest BCUT2D eigenvalue weighted by atomic mass is 10.3. The molecule has 118 valence electrons. The molecule has 5 heteroatoms. The molecule has 0 spiro atoms. The number of benzene rings is 1. The van der Waals surface area contributed by atoms with Crippen LogP contribution in [0.3, 0.4) is 0 Å². The van der Waals surface area contributed by atoms with E-state index in [0.717, 1.165) is 31.6 Å². The van der Waals surface area contributed by atoms with Crippen LogP contribution >= 0.6 is 0 Å². The minimum Gasteiger partial charge on any atom is -0.381 e. The van der Waals surface area contributed by atoms with Gasteiger partial charge < -0.3 is 10.1 Å². The Morgan fingerprint density at radius 2 is 2.00 bits per heavy atom. The first-order valence-electron chi connectivity index (χ1n) is 7.77. The lowest BCUT2D eigenvalue weighted by Gasteiger charge is -2.04. The van der Waals surface area contributed by atoms with Crippen LogP contribution < -0.4 is 5.32 Å². The second-order valence-corrected chi connectivity index (χ2v) is 5.08. The third-order valence-corrected chi connectivity index (χ3v) is 3.26. The summed E-state index contributed by atoms with van der Waals surface area (Å²) in [6.45, 7) is 4.23. The highest BCUT2D eigenvalue weighted by atomic mass is 16.5. The Kier molecular flexibility index (Phi) is 6.64. The summed E-state index contributed by atoms with van der Waals surface area (Å²) in [6.07, 6.45) is 6.37. The molecule has 0 aliphatic carbocycles. The van der Waals surface area contributed by atoms with Crippen LogP contribution in [0, 0.1) is 0 Å². The van der Waals surface area contributed by atoms with Crippen LogP contribution in [0.15, 0.2) is 42.7 Å². The van der Waals surface area contributed by atoms with Crippen LogP contribution in [0.1, 0.15) is 36.5 Å². The van der Waals surface area contributed by atoms with Crippen molar-refractivity contribution in [1.29, 1.82) is 0 Å². The summed E-state index contributed by atoms with van der Waals surface area (Å²) in [4.78, 5) is 12.0. The molecule has 0 bridgehead atoms. The maximum absolute atomic E-state index is 12.0. The number of para-hydroxylation sites is 1. The molecule has 0 saturated heterocycles. The highest BCUT2D eigenvalue weighted by Gasteiger charge is 2.08. The molecule has 1 N–H and O–H groups in total. The van der Waals surface area contributed by atoms with Crippen molar-refractivity contribution in [3.8, 4) is 5.69 Å². The SMILES string of the molecule is CCCCOCCCNC(=O)c1cnn(-c2ccccc2)c1. The van der Waals surface area contributed by atoms with Gasteiger partial charge in [0, 0.05) is 26.0 Å². The molecule has 2 aromatic rings. The Balaban J connectivity index is 1.73. The van der Waals surface area contributed by atoms with Gasteiger partial charge >= 0.3 is 0 Å². The molecule has 0 saturated carbocycles. The van der Waals surface area contributed by atoms with E-state index in [4.69, 9.17) is 4.74 Å². The number of carbonyl (C=O) groups excluding carboxylic acids is 1. The van der Waals surface area contributed by atoms with Gasteiger partial charge in [-0.25, -0.2) is 4.68 Å². The number of rotatable bonds is 9. The molecular weight excluding hydrogens is 278 g/mol. The zero-order valence-corrected chi connectivity index (χ0v) is 13.0. The molecule has 1 heterocycles. The summed E-state index contributed by atoms with van der Waals surface area (Å²) in [6, 6.07) is 9.72. The minimum atomic E-state index is -0.101. The van der Waals surface area contributed by atoms with Gasteiger partial charge in [0.05, 0.1) is 17.4 Å². The number of hydrogen-bond acceptors (Lipinski definition) is 3. The van der Waals surface area contributed by atoms with E-state index in [1.807, 2.05) is 30.3 Å². The van der Waals surface area contributed by atoms with Crippen LogP contribution in [0.2, 0.25) is 0 Å². The quantitative estimate of drug-likeness (QED) is 0.725. The smallest absolute Gasteiger partial charge is 0.254 e.